The summed E-state index contributed by atoms with van der Waals surface area (Å²) >= 11 is 0. The monoisotopic (exact) mass is 249 g/mol. The van der Waals surface area contributed by atoms with Crippen molar-refractivity contribution in [2.75, 3.05) is 26.2 Å². The molecule has 1 heterocycles. The minimum Gasteiger partial charge on any atom is -0.343 e. The molecular weight excluding hydrogens is 226 g/mol. The van der Waals surface area contributed by atoms with Gasteiger partial charge >= 0.3 is 0 Å². The smallest absolute Gasteiger partial charge is 0.223 e. The zero-order chi connectivity index (χ0) is 13.2. The Bertz CT molecular complexity index is 336. The third-order valence-corrected chi connectivity index (χ3v) is 2.97. The van der Waals surface area contributed by atoms with E-state index < -0.39 is 0 Å². The van der Waals surface area contributed by atoms with Gasteiger partial charge in [0.05, 0.1) is 0 Å². The molecule has 0 saturated heterocycles. The van der Waals surface area contributed by atoms with Gasteiger partial charge in [-0.05, 0) is 44.5 Å². The van der Waals surface area contributed by atoms with Crippen molar-refractivity contribution in [3.05, 3.63) is 30.1 Å². The first-order valence-corrected chi connectivity index (χ1v) is 6.65. The van der Waals surface area contributed by atoms with Crippen molar-refractivity contribution < 1.29 is 4.79 Å². The van der Waals surface area contributed by atoms with Gasteiger partial charge in [-0.3, -0.25) is 9.78 Å². The second-order valence-corrected chi connectivity index (χ2v) is 4.17. The number of hydrogen-bond donors (Lipinski definition) is 1. The molecular formula is C14H23N3O. The number of carbonyl (C=O) groups is 1. The molecule has 0 unspecified atom stereocenters. The molecule has 0 aliphatic rings. The molecule has 0 saturated carbocycles. The van der Waals surface area contributed by atoms with Gasteiger partial charge in [0.25, 0.3) is 0 Å². The van der Waals surface area contributed by atoms with Gasteiger partial charge in [-0.25, -0.2) is 0 Å². The maximum absolute atomic E-state index is 11.7. The van der Waals surface area contributed by atoms with Crippen LogP contribution in [-0.2, 0) is 11.2 Å². The topological polar surface area (TPSA) is 45.2 Å². The molecule has 1 rings (SSSR count). The van der Waals surface area contributed by atoms with Crippen LogP contribution in [0.25, 0.3) is 0 Å². The van der Waals surface area contributed by atoms with E-state index in [-0.39, 0.29) is 5.91 Å². The lowest BCUT2D eigenvalue weighted by Crippen LogP contribution is -2.33. The van der Waals surface area contributed by atoms with Gasteiger partial charge in [-0.15, -0.1) is 0 Å². The number of pyridine rings is 1. The van der Waals surface area contributed by atoms with E-state index in [1.54, 1.807) is 12.4 Å². The van der Waals surface area contributed by atoms with Crippen molar-refractivity contribution in [2.24, 2.45) is 0 Å². The van der Waals surface area contributed by atoms with E-state index in [1.165, 1.54) is 5.56 Å². The molecule has 0 spiro atoms. The summed E-state index contributed by atoms with van der Waals surface area (Å²) in [6.45, 7) is 7.27. The van der Waals surface area contributed by atoms with Gasteiger partial charge in [0, 0.05) is 38.4 Å². The van der Waals surface area contributed by atoms with Gasteiger partial charge in [0.1, 0.15) is 0 Å². The lowest BCUT2D eigenvalue weighted by atomic mass is 10.2. The summed E-state index contributed by atoms with van der Waals surface area (Å²) in [5.74, 6) is 0.233. The molecule has 1 amide bonds. The highest BCUT2D eigenvalue weighted by atomic mass is 16.2. The molecule has 0 aliphatic heterocycles. The number of aromatic nitrogens is 1. The minimum atomic E-state index is 0.233. The summed E-state index contributed by atoms with van der Waals surface area (Å²) in [5, 5.41) is 3.30. The van der Waals surface area contributed by atoms with Crippen LogP contribution in [0.4, 0.5) is 0 Å². The highest BCUT2D eigenvalue weighted by Gasteiger charge is 2.07. The van der Waals surface area contributed by atoms with E-state index in [0.29, 0.717) is 6.42 Å². The van der Waals surface area contributed by atoms with Crippen LogP contribution in [-0.4, -0.2) is 42.0 Å². The van der Waals surface area contributed by atoms with Crippen molar-refractivity contribution in [3.8, 4) is 0 Å². The number of nitrogens with one attached hydrogen (secondary N) is 1. The largest absolute Gasteiger partial charge is 0.343 e. The van der Waals surface area contributed by atoms with Gasteiger partial charge in [0.2, 0.25) is 5.91 Å². The molecule has 1 N–H and O–H groups in total. The van der Waals surface area contributed by atoms with Crippen LogP contribution >= 0.6 is 0 Å². The molecule has 0 bridgehead atoms. The molecule has 4 nitrogen and oxygen atoms in total. The maximum Gasteiger partial charge on any atom is 0.223 e. The summed E-state index contributed by atoms with van der Waals surface area (Å²) in [6.07, 6.45) is 5.17. The Hall–Kier alpha value is -1.42. The van der Waals surface area contributed by atoms with E-state index in [4.69, 9.17) is 0 Å². The number of nitrogens with zero attached hydrogens (tertiary/aromatic N) is 2. The number of amides is 1. The van der Waals surface area contributed by atoms with Crippen LogP contribution in [0.5, 0.6) is 0 Å². The molecule has 0 aliphatic carbocycles. The highest BCUT2D eigenvalue weighted by Crippen LogP contribution is 1.96. The Labute approximate surface area is 109 Å². The van der Waals surface area contributed by atoms with E-state index in [0.717, 1.165) is 32.6 Å². The molecule has 0 aromatic carbocycles. The predicted molar refractivity (Wildman–Crippen MR) is 73.4 cm³/mol. The third-order valence-electron chi connectivity index (χ3n) is 2.97. The Balaban J connectivity index is 2.10. The van der Waals surface area contributed by atoms with Crippen LogP contribution in [0.1, 0.15) is 25.8 Å². The number of carbonyl (C=O) groups excluding carboxylic acids is 1. The molecule has 18 heavy (non-hydrogen) atoms. The number of hydrogen-bond acceptors (Lipinski definition) is 3. The van der Waals surface area contributed by atoms with Gasteiger partial charge in [-0.2, -0.15) is 0 Å². The van der Waals surface area contributed by atoms with Crippen LogP contribution in [0.3, 0.4) is 0 Å². The third kappa shape index (κ3) is 5.27. The fourth-order valence-electron chi connectivity index (χ4n) is 1.84. The Kier molecular flexibility index (Phi) is 7.03. The second-order valence-electron chi connectivity index (χ2n) is 4.17. The standard InChI is InChI=1S/C14H23N3O/c1-3-17(4-2)14(18)8-12-16-11-7-13-5-9-15-10-6-13/h5-6,9-10,16H,3-4,7-8,11-12H2,1-2H3. The first-order valence-electron chi connectivity index (χ1n) is 6.65. The normalized spacial score (nSPS) is 10.3. The van der Waals surface area contributed by atoms with Crippen LogP contribution in [0.15, 0.2) is 24.5 Å². The van der Waals surface area contributed by atoms with E-state index in [9.17, 15) is 4.79 Å². The van der Waals surface area contributed by atoms with Crippen LogP contribution in [0, 0.1) is 0 Å². The van der Waals surface area contributed by atoms with Crippen molar-refractivity contribution in [1.29, 1.82) is 0 Å². The summed E-state index contributed by atoms with van der Waals surface area (Å²) in [4.78, 5) is 17.6. The van der Waals surface area contributed by atoms with Crippen molar-refractivity contribution in [3.63, 3.8) is 0 Å². The Morgan fingerprint density at radius 1 is 1.22 bits per heavy atom. The quantitative estimate of drug-likeness (QED) is 0.710. The zero-order valence-corrected chi connectivity index (χ0v) is 11.4. The van der Waals surface area contributed by atoms with Gasteiger partial charge in [0.15, 0.2) is 0 Å². The average Bonchev–Trinajstić information content (AvgIpc) is 2.41. The van der Waals surface area contributed by atoms with Gasteiger partial charge in [-0.1, -0.05) is 0 Å². The molecule has 100 valence electrons. The van der Waals surface area contributed by atoms with Crippen molar-refractivity contribution >= 4 is 5.91 Å². The fraction of sp³-hybridized carbons (Fsp3) is 0.571. The SMILES string of the molecule is CCN(CC)C(=O)CCNCCc1ccncc1. The van der Waals surface area contributed by atoms with E-state index >= 15 is 0 Å². The predicted octanol–water partition coefficient (Wildman–Crippen LogP) is 1.47. The zero-order valence-electron chi connectivity index (χ0n) is 11.4. The fourth-order valence-corrected chi connectivity index (χ4v) is 1.84. The Morgan fingerprint density at radius 2 is 1.89 bits per heavy atom. The molecule has 0 radical (unpaired) electrons. The average molecular weight is 249 g/mol. The summed E-state index contributed by atoms with van der Waals surface area (Å²) in [5.41, 5.74) is 1.27. The molecule has 0 atom stereocenters. The highest BCUT2D eigenvalue weighted by molar-refractivity contribution is 5.76. The van der Waals surface area contributed by atoms with E-state index in [2.05, 4.69) is 10.3 Å². The van der Waals surface area contributed by atoms with E-state index in [1.807, 2.05) is 30.9 Å². The minimum absolute atomic E-state index is 0.233. The van der Waals surface area contributed by atoms with Crippen molar-refractivity contribution in [1.82, 2.24) is 15.2 Å². The molecule has 1 aromatic heterocycles. The molecule has 0 fully saturated rings. The lowest BCUT2D eigenvalue weighted by molar-refractivity contribution is -0.130. The summed E-state index contributed by atoms with van der Waals surface area (Å²) < 4.78 is 0. The maximum atomic E-state index is 11.7. The molecule has 4 heteroatoms. The second kappa shape index (κ2) is 8.64. The van der Waals surface area contributed by atoms with Crippen molar-refractivity contribution in [2.45, 2.75) is 26.7 Å². The summed E-state index contributed by atoms with van der Waals surface area (Å²) in [6, 6.07) is 4.03. The Morgan fingerprint density at radius 3 is 2.50 bits per heavy atom. The van der Waals surface area contributed by atoms with Crippen LogP contribution < -0.4 is 5.32 Å². The lowest BCUT2D eigenvalue weighted by Gasteiger charge is -2.18. The first-order chi connectivity index (χ1) is 8.77. The molecule has 1 aromatic rings. The first kappa shape index (κ1) is 14.6. The van der Waals surface area contributed by atoms with Crippen LogP contribution in [0.2, 0.25) is 0 Å². The number of rotatable bonds is 8. The summed E-state index contributed by atoms with van der Waals surface area (Å²) in [7, 11) is 0. The van der Waals surface area contributed by atoms with Gasteiger partial charge < -0.3 is 10.2 Å².